The molecule has 2 N–H and O–H groups in total. The highest BCUT2D eigenvalue weighted by Gasteiger charge is 2.39. The van der Waals surface area contributed by atoms with Crippen LogP contribution in [-0.2, 0) is 4.74 Å². The van der Waals surface area contributed by atoms with Crippen molar-refractivity contribution in [2.75, 3.05) is 33.4 Å². The maximum absolute atomic E-state index is 6.38. The zero-order chi connectivity index (χ0) is 11.6. The standard InChI is InChI=1S/C13H26N2O/c1-13(14,12-3-4-12)10-15-7-5-11(6-8-15)9-16-2/h11-12H,3-10,14H2,1-2H3. The average molecular weight is 226 g/mol. The number of nitrogens with zero attached hydrogens (tertiary/aromatic N) is 1. The lowest BCUT2D eigenvalue weighted by Gasteiger charge is -2.37. The fraction of sp³-hybridized carbons (Fsp3) is 1.00. The number of likely N-dealkylation sites (tertiary alicyclic amines) is 1. The van der Waals surface area contributed by atoms with E-state index >= 15 is 0 Å². The van der Waals surface area contributed by atoms with E-state index in [1.165, 1.54) is 38.8 Å². The maximum atomic E-state index is 6.38. The lowest BCUT2D eigenvalue weighted by atomic mass is 9.93. The third-order valence-corrected chi connectivity index (χ3v) is 4.18. The Morgan fingerprint density at radius 2 is 1.88 bits per heavy atom. The van der Waals surface area contributed by atoms with Gasteiger partial charge in [0.2, 0.25) is 0 Å². The number of ether oxygens (including phenoxy) is 1. The van der Waals surface area contributed by atoms with Gasteiger partial charge in [-0.1, -0.05) is 0 Å². The molecule has 2 aliphatic rings. The van der Waals surface area contributed by atoms with Crippen LogP contribution in [0.15, 0.2) is 0 Å². The van der Waals surface area contributed by atoms with Crippen molar-refractivity contribution in [1.29, 1.82) is 0 Å². The Hall–Kier alpha value is -0.120. The van der Waals surface area contributed by atoms with E-state index in [1.54, 1.807) is 7.11 Å². The molecule has 2 fully saturated rings. The Morgan fingerprint density at radius 3 is 2.38 bits per heavy atom. The van der Waals surface area contributed by atoms with Crippen LogP contribution in [0.1, 0.15) is 32.6 Å². The van der Waals surface area contributed by atoms with Crippen molar-refractivity contribution in [3.63, 3.8) is 0 Å². The summed E-state index contributed by atoms with van der Waals surface area (Å²) in [7, 11) is 1.80. The van der Waals surface area contributed by atoms with E-state index in [4.69, 9.17) is 10.5 Å². The van der Waals surface area contributed by atoms with Crippen molar-refractivity contribution in [3.05, 3.63) is 0 Å². The highest BCUT2D eigenvalue weighted by Crippen LogP contribution is 2.38. The van der Waals surface area contributed by atoms with Crippen LogP contribution in [0.25, 0.3) is 0 Å². The Balaban J connectivity index is 1.72. The first kappa shape index (κ1) is 12.3. The molecule has 0 spiro atoms. The van der Waals surface area contributed by atoms with Crippen LogP contribution in [0, 0.1) is 11.8 Å². The van der Waals surface area contributed by atoms with Crippen LogP contribution in [0.5, 0.6) is 0 Å². The number of hydrogen-bond donors (Lipinski definition) is 1. The molecule has 1 aliphatic heterocycles. The summed E-state index contributed by atoms with van der Waals surface area (Å²) in [6.07, 6.45) is 5.23. The molecule has 1 saturated heterocycles. The van der Waals surface area contributed by atoms with Crippen molar-refractivity contribution < 1.29 is 4.74 Å². The molecule has 0 aromatic rings. The number of rotatable bonds is 5. The molecular weight excluding hydrogens is 200 g/mol. The second-order valence-electron chi connectivity index (χ2n) is 5.95. The Bertz CT molecular complexity index is 218. The van der Waals surface area contributed by atoms with E-state index < -0.39 is 0 Å². The van der Waals surface area contributed by atoms with Crippen molar-refractivity contribution in [3.8, 4) is 0 Å². The van der Waals surface area contributed by atoms with Gasteiger partial charge in [-0.3, -0.25) is 0 Å². The van der Waals surface area contributed by atoms with Crippen molar-refractivity contribution >= 4 is 0 Å². The summed E-state index contributed by atoms with van der Waals surface area (Å²) in [6, 6.07) is 0. The molecule has 0 aromatic heterocycles. The lowest BCUT2D eigenvalue weighted by Crippen LogP contribution is -2.51. The molecular formula is C13H26N2O. The highest BCUT2D eigenvalue weighted by atomic mass is 16.5. The van der Waals surface area contributed by atoms with E-state index in [1.807, 2.05) is 0 Å². The van der Waals surface area contributed by atoms with Gasteiger partial charge in [0.1, 0.15) is 0 Å². The zero-order valence-corrected chi connectivity index (χ0v) is 10.7. The summed E-state index contributed by atoms with van der Waals surface area (Å²) >= 11 is 0. The molecule has 2 rings (SSSR count). The summed E-state index contributed by atoms with van der Waals surface area (Å²) in [5.74, 6) is 1.55. The third-order valence-electron chi connectivity index (χ3n) is 4.18. The molecule has 3 heteroatoms. The van der Waals surface area contributed by atoms with Crippen LogP contribution in [0.3, 0.4) is 0 Å². The predicted molar refractivity (Wildman–Crippen MR) is 66.4 cm³/mol. The Kier molecular flexibility index (Phi) is 3.88. The van der Waals surface area contributed by atoms with Crippen molar-refractivity contribution in [2.24, 2.45) is 17.6 Å². The van der Waals surface area contributed by atoms with Gasteiger partial charge >= 0.3 is 0 Å². The second-order valence-corrected chi connectivity index (χ2v) is 5.95. The molecule has 1 saturated carbocycles. The molecule has 0 radical (unpaired) electrons. The van der Waals surface area contributed by atoms with Gasteiger partial charge in [0, 0.05) is 25.8 Å². The van der Waals surface area contributed by atoms with Crippen molar-refractivity contribution in [1.82, 2.24) is 4.90 Å². The number of nitrogens with two attached hydrogens (primary N) is 1. The van der Waals surface area contributed by atoms with Gasteiger partial charge in [-0.05, 0) is 57.5 Å². The summed E-state index contributed by atoms with van der Waals surface area (Å²) < 4.78 is 5.22. The molecule has 1 heterocycles. The predicted octanol–water partition coefficient (Wildman–Crippen LogP) is 1.47. The molecule has 16 heavy (non-hydrogen) atoms. The first-order chi connectivity index (χ1) is 7.62. The quantitative estimate of drug-likeness (QED) is 0.771. The van der Waals surface area contributed by atoms with E-state index in [0.29, 0.717) is 0 Å². The van der Waals surface area contributed by atoms with E-state index in [0.717, 1.165) is 25.0 Å². The first-order valence-corrected chi connectivity index (χ1v) is 6.62. The van der Waals surface area contributed by atoms with Crippen LogP contribution in [0.2, 0.25) is 0 Å². The van der Waals surface area contributed by atoms with Crippen LogP contribution < -0.4 is 5.73 Å². The molecule has 0 aromatic carbocycles. The van der Waals surface area contributed by atoms with Crippen molar-refractivity contribution in [2.45, 2.75) is 38.1 Å². The van der Waals surface area contributed by atoms with Gasteiger partial charge in [0.15, 0.2) is 0 Å². The normalized spacial score (nSPS) is 27.9. The monoisotopic (exact) mass is 226 g/mol. The van der Waals surface area contributed by atoms with Crippen LogP contribution in [0.4, 0.5) is 0 Å². The van der Waals surface area contributed by atoms with Crippen LogP contribution >= 0.6 is 0 Å². The van der Waals surface area contributed by atoms with E-state index in [9.17, 15) is 0 Å². The molecule has 1 aliphatic carbocycles. The fourth-order valence-corrected chi connectivity index (χ4v) is 2.90. The van der Waals surface area contributed by atoms with Gasteiger partial charge < -0.3 is 15.4 Å². The second kappa shape index (κ2) is 5.03. The molecule has 94 valence electrons. The molecule has 1 unspecified atom stereocenters. The molecule has 1 atom stereocenters. The number of methoxy groups -OCH3 is 1. The van der Waals surface area contributed by atoms with E-state index in [-0.39, 0.29) is 5.54 Å². The SMILES string of the molecule is COCC1CCN(CC(C)(N)C2CC2)CC1. The van der Waals surface area contributed by atoms with Gasteiger partial charge in [-0.2, -0.15) is 0 Å². The van der Waals surface area contributed by atoms with Gasteiger partial charge in [-0.15, -0.1) is 0 Å². The highest BCUT2D eigenvalue weighted by molar-refractivity contribution is 4.97. The molecule has 0 amide bonds. The summed E-state index contributed by atoms with van der Waals surface area (Å²) in [5.41, 5.74) is 6.43. The van der Waals surface area contributed by atoms with Gasteiger partial charge in [-0.25, -0.2) is 0 Å². The maximum Gasteiger partial charge on any atom is 0.0491 e. The largest absolute Gasteiger partial charge is 0.384 e. The molecule has 0 bridgehead atoms. The number of piperidine rings is 1. The fourth-order valence-electron chi connectivity index (χ4n) is 2.90. The minimum Gasteiger partial charge on any atom is -0.384 e. The molecule has 3 nitrogen and oxygen atoms in total. The third kappa shape index (κ3) is 3.19. The number of hydrogen-bond acceptors (Lipinski definition) is 3. The van der Waals surface area contributed by atoms with Gasteiger partial charge in [0.25, 0.3) is 0 Å². The average Bonchev–Trinajstić information content (AvgIpc) is 3.04. The minimum atomic E-state index is 0.0497. The Labute approximate surface area is 99.3 Å². The topological polar surface area (TPSA) is 38.5 Å². The zero-order valence-electron chi connectivity index (χ0n) is 10.7. The summed E-state index contributed by atoms with van der Waals surface area (Å²) in [4.78, 5) is 2.55. The Morgan fingerprint density at radius 1 is 1.25 bits per heavy atom. The summed E-state index contributed by atoms with van der Waals surface area (Å²) in [6.45, 7) is 6.64. The lowest BCUT2D eigenvalue weighted by molar-refractivity contribution is 0.0880. The van der Waals surface area contributed by atoms with Gasteiger partial charge in [0.05, 0.1) is 0 Å². The van der Waals surface area contributed by atoms with Crippen LogP contribution in [-0.4, -0.2) is 43.8 Å². The first-order valence-electron chi connectivity index (χ1n) is 6.62. The minimum absolute atomic E-state index is 0.0497. The smallest absolute Gasteiger partial charge is 0.0491 e. The summed E-state index contributed by atoms with van der Waals surface area (Å²) in [5, 5.41) is 0. The van der Waals surface area contributed by atoms with E-state index in [2.05, 4.69) is 11.8 Å².